The van der Waals surface area contributed by atoms with Gasteiger partial charge in [0.25, 0.3) is 0 Å². The van der Waals surface area contributed by atoms with E-state index in [0.29, 0.717) is 23.9 Å². The molecule has 0 fully saturated rings. The molecule has 6 nitrogen and oxygen atoms in total. The molecule has 0 radical (unpaired) electrons. The number of oxazole rings is 1. The molecule has 0 saturated carbocycles. The van der Waals surface area contributed by atoms with E-state index in [-0.39, 0.29) is 11.7 Å². The number of carbonyl (C=O) groups is 1. The van der Waals surface area contributed by atoms with Crippen LogP contribution in [-0.4, -0.2) is 22.2 Å². The third-order valence-electron chi connectivity index (χ3n) is 3.10. The minimum atomic E-state index is -1.03. The highest BCUT2D eigenvalue weighted by molar-refractivity contribution is 5.93. The van der Waals surface area contributed by atoms with Gasteiger partial charge in [-0.1, -0.05) is 6.07 Å². The number of aromatic nitrogens is 1. The first-order valence-electron chi connectivity index (χ1n) is 7.08. The Bertz CT molecular complexity index is 657. The van der Waals surface area contributed by atoms with Crippen LogP contribution in [0.25, 0.3) is 0 Å². The topological polar surface area (TPSA) is 84.6 Å². The van der Waals surface area contributed by atoms with Gasteiger partial charge in [-0.25, -0.2) is 9.78 Å². The number of nitrogens with one attached hydrogen (secondary N) is 1. The van der Waals surface area contributed by atoms with E-state index >= 15 is 0 Å². The van der Waals surface area contributed by atoms with Crippen molar-refractivity contribution in [2.75, 3.05) is 5.32 Å². The molecular weight excluding hydrogens is 284 g/mol. The van der Waals surface area contributed by atoms with Crippen molar-refractivity contribution in [3.8, 4) is 5.75 Å². The van der Waals surface area contributed by atoms with Crippen molar-refractivity contribution < 1.29 is 19.1 Å². The molecule has 0 aliphatic carbocycles. The Kier molecular flexibility index (Phi) is 4.70. The second-order valence-corrected chi connectivity index (χ2v) is 5.26. The molecule has 0 bridgehead atoms. The zero-order valence-electron chi connectivity index (χ0n) is 13.1. The van der Waals surface area contributed by atoms with E-state index in [1.54, 1.807) is 12.1 Å². The molecule has 0 unspecified atom stereocenters. The molecule has 0 atom stereocenters. The van der Waals surface area contributed by atoms with Gasteiger partial charge >= 0.3 is 5.97 Å². The second-order valence-electron chi connectivity index (χ2n) is 5.26. The van der Waals surface area contributed by atoms with Crippen molar-refractivity contribution in [2.24, 2.45) is 0 Å². The number of aryl methyl sites for hydroxylation is 2. The number of carboxylic acid groups (broad SMARTS) is 1. The molecule has 0 amide bonds. The van der Waals surface area contributed by atoms with Gasteiger partial charge in [-0.2, -0.15) is 0 Å². The van der Waals surface area contributed by atoms with Crippen LogP contribution in [0.15, 0.2) is 22.6 Å². The maximum atomic E-state index is 11.3. The SMILES string of the molecule is Cc1nc(CNc2cccc(C(=O)O)c2OC(C)C)oc1C. The molecule has 22 heavy (non-hydrogen) atoms. The lowest BCUT2D eigenvalue weighted by Crippen LogP contribution is -2.12. The Morgan fingerprint density at radius 3 is 2.68 bits per heavy atom. The minimum Gasteiger partial charge on any atom is -0.488 e. The van der Waals surface area contributed by atoms with E-state index in [9.17, 15) is 9.90 Å². The predicted octanol–water partition coefficient (Wildman–Crippen LogP) is 3.39. The van der Waals surface area contributed by atoms with E-state index in [1.807, 2.05) is 27.7 Å². The van der Waals surface area contributed by atoms with Crippen molar-refractivity contribution >= 4 is 11.7 Å². The van der Waals surface area contributed by atoms with Crippen molar-refractivity contribution in [1.82, 2.24) is 4.98 Å². The predicted molar refractivity (Wildman–Crippen MR) is 82.5 cm³/mol. The first kappa shape index (κ1) is 15.9. The molecule has 1 aromatic carbocycles. The number of para-hydroxylation sites is 1. The Morgan fingerprint density at radius 1 is 1.41 bits per heavy atom. The minimum absolute atomic E-state index is 0.124. The largest absolute Gasteiger partial charge is 0.488 e. The molecule has 2 aromatic rings. The highest BCUT2D eigenvalue weighted by Gasteiger charge is 2.17. The summed E-state index contributed by atoms with van der Waals surface area (Å²) in [4.78, 5) is 15.6. The van der Waals surface area contributed by atoms with Gasteiger partial charge in [-0.05, 0) is 39.8 Å². The fourth-order valence-corrected chi connectivity index (χ4v) is 1.99. The van der Waals surface area contributed by atoms with E-state index in [1.165, 1.54) is 6.07 Å². The van der Waals surface area contributed by atoms with Crippen molar-refractivity contribution in [2.45, 2.75) is 40.3 Å². The summed E-state index contributed by atoms with van der Waals surface area (Å²) in [6.45, 7) is 7.78. The zero-order valence-corrected chi connectivity index (χ0v) is 13.1. The van der Waals surface area contributed by atoms with Crippen LogP contribution in [0.1, 0.15) is 41.6 Å². The van der Waals surface area contributed by atoms with Gasteiger partial charge in [0, 0.05) is 0 Å². The van der Waals surface area contributed by atoms with Gasteiger partial charge in [-0.15, -0.1) is 0 Å². The lowest BCUT2D eigenvalue weighted by Gasteiger charge is -2.17. The van der Waals surface area contributed by atoms with E-state index in [0.717, 1.165) is 11.5 Å². The van der Waals surface area contributed by atoms with Crippen molar-refractivity contribution in [1.29, 1.82) is 0 Å². The van der Waals surface area contributed by atoms with Crippen LogP contribution >= 0.6 is 0 Å². The van der Waals surface area contributed by atoms with Crippen LogP contribution in [0.3, 0.4) is 0 Å². The lowest BCUT2D eigenvalue weighted by atomic mass is 10.1. The normalized spacial score (nSPS) is 10.8. The van der Waals surface area contributed by atoms with Crippen LogP contribution in [-0.2, 0) is 6.54 Å². The van der Waals surface area contributed by atoms with Crippen molar-refractivity contribution in [3.05, 3.63) is 41.1 Å². The average molecular weight is 304 g/mol. The molecule has 0 saturated heterocycles. The molecule has 0 spiro atoms. The summed E-state index contributed by atoms with van der Waals surface area (Å²) < 4.78 is 11.2. The standard InChI is InChI=1S/C16H20N2O4/c1-9(2)21-15-12(16(19)20)6-5-7-13(15)17-8-14-18-10(3)11(4)22-14/h5-7,9,17H,8H2,1-4H3,(H,19,20). The Balaban J connectivity index is 2.25. The Morgan fingerprint density at radius 2 is 2.14 bits per heavy atom. The number of rotatable bonds is 6. The first-order valence-corrected chi connectivity index (χ1v) is 7.08. The number of hydrogen-bond acceptors (Lipinski definition) is 5. The quantitative estimate of drug-likeness (QED) is 0.851. The van der Waals surface area contributed by atoms with Gasteiger partial charge in [0.05, 0.1) is 24.0 Å². The number of carboxylic acids is 1. The lowest BCUT2D eigenvalue weighted by molar-refractivity contribution is 0.0690. The van der Waals surface area contributed by atoms with Crippen LogP contribution in [0, 0.1) is 13.8 Å². The van der Waals surface area contributed by atoms with Gasteiger partial charge in [-0.3, -0.25) is 0 Å². The molecule has 6 heteroatoms. The summed E-state index contributed by atoms with van der Waals surface area (Å²) in [6.07, 6.45) is -0.132. The Hall–Kier alpha value is -2.50. The molecule has 0 aliphatic rings. The monoisotopic (exact) mass is 304 g/mol. The van der Waals surface area contributed by atoms with Gasteiger partial charge < -0.3 is 19.6 Å². The number of benzene rings is 1. The van der Waals surface area contributed by atoms with Crippen LogP contribution in [0.2, 0.25) is 0 Å². The molecule has 0 aliphatic heterocycles. The van der Waals surface area contributed by atoms with Gasteiger partial charge in [0.15, 0.2) is 5.75 Å². The summed E-state index contributed by atoms with van der Waals surface area (Å²) >= 11 is 0. The zero-order chi connectivity index (χ0) is 16.3. The molecule has 1 heterocycles. The summed E-state index contributed by atoms with van der Waals surface area (Å²) in [5.41, 5.74) is 1.57. The molecule has 118 valence electrons. The highest BCUT2D eigenvalue weighted by Crippen LogP contribution is 2.30. The second kappa shape index (κ2) is 6.51. The van der Waals surface area contributed by atoms with E-state index < -0.39 is 5.97 Å². The fraction of sp³-hybridized carbons (Fsp3) is 0.375. The summed E-state index contributed by atoms with van der Waals surface area (Å²) in [6, 6.07) is 4.96. The smallest absolute Gasteiger partial charge is 0.339 e. The number of anilines is 1. The maximum Gasteiger partial charge on any atom is 0.339 e. The highest BCUT2D eigenvalue weighted by atomic mass is 16.5. The van der Waals surface area contributed by atoms with Crippen molar-refractivity contribution in [3.63, 3.8) is 0 Å². The molecular formula is C16H20N2O4. The number of hydrogen-bond donors (Lipinski definition) is 2. The molecule has 2 rings (SSSR count). The van der Waals surface area contributed by atoms with E-state index in [4.69, 9.17) is 9.15 Å². The molecule has 1 aromatic heterocycles. The van der Waals surface area contributed by atoms with Crippen LogP contribution < -0.4 is 10.1 Å². The average Bonchev–Trinajstić information content (AvgIpc) is 2.75. The maximum absolute atomic E-state index is 11.3. The number of aromatic carboxylic acids is 1. The van der Waals surface area contributed by atoms with Crippen LogP contribution in [0.5, 0.6) is 5.75 Å². The first-order chi connectivity index (χ1) is 10.4. The summed E-state index contributed by atoms with van der Waals surface area (Å²) in [7, 11) is 0. The van der Waals surface area contributed by atoms with Gasteiger partial charge in [0.1, 0.15) is 11.3 Å². The third-order valence-corrected chi connectivity index (χ3v) is 3.10. The summed E-state index contributed by atoms with van der Waals surface area (Å²) in [5, 5.41) is 12.4. The third kappa shape index (κ3) is 3.58. The summed E-state index contributed by atoms with van der Waals surface area (Å²) in [5.74, 6) is 0.619. The Labute approximate surface area is 129 Å². The fourth-order valence-electron chi connectivity index (χ4n) is 1.99. The number of nitrogens with zero attached hydrogens (tertiary/aromatic N) is 1. The van der Waals surface area contributed by atoms with Crippen LogP contribution in [0.4, 0.5) is 5.69 Å². The number of ether oxygens (including phenoxy) is 1. The van der Waals surface area contributed by atoms with E-state index in [2.05, 4.69) is 10.3 Å². The molecule has 2 N–H and O–H groups in total. The van der Waals surface area contributed by atoms with Gasteiger partial charge in [0.2, 0.25) is 5.89 Å².